The number of hydrogen-bond acceptors (Lipinski definition) is 1. The van der Waals surface area contributed by atoms with Crippen molar-refractivity contribution in [2.24, 2.45) is 0 Å². The molecule has 124 valence electrons. The predicted octanol–water partition coefficient (Wildman–Crippen LogP) is 6.39. The number of nitrogens with zero attached hydrogens (tertiary/aromatic N) is 1. The molecule has 0 spiro atoms. The van der Waals surface area contributed by atoms with Gasteiger partial charge >= 0.3 is 0 Å². The predicted molar refractivity (Wildman–Crippen MR) is 111 cm³/mol. The Morgan fingerprint density at radius 3 is 1.48 bits per heavy atom. The maximum atomic E-state index is 3.43. The molecule has 3 rings (SSSR count). The molecule has 0 aromatic heterocycles. The number of hydrogen-bond donors (Lipinski definition) is 0. The largest absolute Gasteiger partial charge is 0.311 e. The molecule has 3 aromatic carbocycles. The SMILES string of the molecule is C[Si](C)(C)C#Cc1ccc(N(c2ccccc2)c2ccccc2)cc1. The van der Waals surface area contributed by atoms with Gasteiger partial charge < -0.3 is 4.90 Å². The molecule has 0 heterocycles. The van der Waals surface area contributed by atoms with Crippen molar-refractivity contribution >= 4 is 25.1 Å². The minimum atomic E-state index is -1.35. The Morgan fingerprint density at radius 2 is 1.04 bits per heavy atom. The van der Waals surface area contributed by atoms with Gasteiger partial charge in [-0.05, 0) is 48.5 Å². The van der Waals surface area contributed by atoms with Crippen LogP contribution in [-0.4, -0.2) is 8.07 Å². The van der Waals surface area contributed by atoms with Crippen molar-refractivity contribution in [1.82, 2.24) is 0 Å². The molecule has 0 aliphatic carbocycles. The fourth-order valence-electron chi connectivity index (χ4n) is 2.55. The molecule has 0 bridgehead atoms. The normalized spacial score (nSPS) is 10.7. The quantitative estimate of drug-likeness (QED) is 0.394. The molecule has 0 N–H and O–H groups in total. The van der Waals surface area contributed by atoms with Crippen LogP contribution in [0.1, 0.15) is 5.56 Å². The van der Waals surface area contributed by atoms with Crippen molar-refractivity contribution in [2.75, 3.05) is 4.90 Å². The van der Waals surface area contributed by atoms with Gasteiger partial charge in [0.05, 0.1) is 0 Å². The average molecular weight is 342 g/mol. The first-order chi connectivity index (χ1) is 12.0. The van der Waals surface area contributed by atoms with E-state index in [4.69, 9.17) is 0 Å². The second-order valence-corrected chi connectivity index (χ2v) is 11.8. The van der Waals surface area contributed by atoms with E-state index in [0.29, 0.717) is 0 Å². The zero-order chi connectivity index (χ0) is 17.7. The van der Waals surface area contributed by atoms with Crippen LogP contribution in [0, 0.1) is 11.5 Å². The first-order valence-corrected chi connectivity index (χ1v) is 12.1. The van der Waals surface area contributed by atoms with Gasteiger partial charge in [-0.1, -0.05) is 62.0 Å². The summed E-state index contributed by atoms with van der Waals surface area (Å²) < 4.78 is 0. The van der Waals surface area contributed by atoms with Crippen molar-refractivity contribution in [3.05, 3.63) is 90.5 Å². The molecular weight excluding hydrogens is 318 g/mol. The van der Waals surface area contributed by atoms with Gasteiger partial charge in [0.15, 0.2) is 0 Å². The van der Waals surface area contributed by atoms with Gasteiger partial charge in [0.1, 0.15) is 8.07 Å². The molecule has 1 nitrogen and oxygen atoms in total. The highest BCUT2D eigenvalue weighted by atomic mass is 28.3. The fourth-order valence-corrected chi connectivity index (χ4v) is 3.07. The summed E-state index contributed by atoms with van der Waals surface area (Å²) >= 11 is 0. The number of rotatable bonds is 3. The van der Waals surface area contributed by atoms with Crippen LogP contribution in [-0.2, 0) is 0 Å². The Labute approximate surface area is 152 Å². The van der Waals surface area contributed by atoms with Crippen molar-refractivity contribution in [2.45, 2.75) is 19.6 Å². The summed E-state index contributed by atoms with van der Waals surface area (Å²) in [7, 11) is -1.35. The van der Waals surface area contributed by atoms with Gasteiger partial charge in [-0.2, -0.15) is 0 Å². The lowest BCUT2D eigenvalue weighted by Gasteiger charge is -2.25. The summed E-state index contributed by atoms with van der Waals surface area (Å²) in [6.07, 6.45) is 0. The summed E-state index contributed by atoms with van der Waals surface area (Å²) in [4.78, 5) is 2.26. The Kier molecular flexibility index (Phi) is 5.07. The first-order valence-electron chi connectivity index (χ1n) is 8.56. The van der Waals surface area contributed by atoms with Crippen LogP contribution in [0.15, 0.2) is 84.9 Å². The first kappa shape index (κ1) is 17.1. The standard InChI is InChI=1S/C23H23NSi/c1-25(2,3)19-18-20-14-16-23(17-15-20)24(21-10-6-4-7-11-21)22-12-8-5-9-13-22/h4-17H,1-3H3. The zero-order valence-corrected chi connectivity index (χ0v) is 16.0. The van der Waals surface area contributed by atoms with E-state index in [-0.39, 0.29) is 0 Å². The van der Waals surface area contributed by atoms with Gasteiger partial charge in [0.25, 0.3) is 0 Å². The summed E-state index contributed by atoms with van der Waals surface area (Å²) in [6, 6.07) is 29.4. The number of para-hydroxylation sites is 2. The topological polar surface area (TPSA) is 3.24 Å². The molecule has 0 atom stereocenters. The summed E-state index contributed by atoms with van der Waals surface area (Å²) in [5, 5.41) is 0. The van der Waals surface area contributed by atoms with Crippen LogP contribution in [0.5, 0.6) is 0 Å². The molecule has 2 heteroatoms. The third kappa shape index (κ3) is 4.62. The van der Waals surface area contributed by atoms with Crippen molar-refractivity contribution in [1.29, 1.82) is 0 Å². The van der Waals surface area contributed by atoms with E-state index < -0.39 is 8.07 Å². The highest BCUT2D eigenvalue weighted by Gasteiger charge is 2.11. The highest BCUT2D eigenvalue weighted by Crippen LogP contribution is 2.33. The lowest BCUT2D eigenvalue weighted by Crippen LogP contribution is -2.16. The van der Waals surface area contributed by atoms with E-state index in [0.717, 1.165) is 22.6 Å². The lowest BCUT2D eigenvalue weighted by molar-refractivity contribution is 1.28. The minimum Gasteiger partial charge on any atom is -0.311 e. The summed E-state index contributed by atoms with van der Waals surface area (Å²) in [5.41, 5.74) is 7.93. The van der Waals surface area contributed by atoms with E-state index in [1.54, 1.807) is 0 Å². The Morgan fingerprint density at radius 1 is 0.600 bits per heavy atom. The third-order valence-electron chi connectivity index (χ3n) is 3.74. The number of benzene rings is 3. The molecular formula is C23H23NSi. The third-order valence-corrected chi connectivity index (χ3v) is 4.61. The van der Waals surface area contributed by atoms with Crippen LogP contribution >= 0.6 is 0 Å². The molecule has 25 heavy (non-hydrogen) atoms. The molecule has 0 aliphatic rings. The molecule has 0 saturated carbocycles. The number of anilines is 3. The molecule has 0 unspecified atom stereocenters. The van der Waals surface area contributed by atoms with Crippen molar-refractivity contribution in [3.63, 3.8) is 0 Å². The second kappa shape index (κ2) is 7.42. The summed E-state index contributed by atoms with van der Waals surface area (Å²) in [6.45, 7) is 6.79. The maximum absolute atomic E-state index is 3.43. The van der Waals surface area contributed by atoms with E-state index in [1.165, 1.54) is 0 Å². The van der Waals surface area contributed by atoms with Crippen LogP contribution in [0.4, 0.5) is 17.1 Å². The molecule has 0 amide bonds. The van der Waals surface area contributed by atoms with E-state index in [2.05, 4.69) is 109 Å². The smallest absolute Gasteiger partial charge is 0.129 e. The van der Waals surface area contributed by atoms with Gasteiger partial charge in [-0.25, -0.2) is 0 Å². The average Bonchev–Trinajstić information content (AvgIpc) is 2.62. The van der Waals surface area contributed by atoms with Crippen molar-refractivity contribution in [3.8, 4) is 11.5 Å². The van der Waals surface area contributed by atoms with Gasteiger partial charge in [-0.3, -0.25) is 0 Å². The van der Waals surface area contributed by atoms with E-state index in [1.807, 2.05) is 12.1 Å². The molecule has 3 aromatic rings. The minimum absolute atomic E-state index is 1.08. The maximum Gasteiger partial charge on any atom is 0.129 e. The van der Waals surface area contributed by atoms with Gasteiger partial charge in [-0.15, -0.1) is 5.54 Å². The van der Waals surface area contributed by atoms with Crippen LogP contribution in [0.2, 0.25) is 19.6 Å². The lowest BCUT2D eigenvalue weighted by atomic mass is 10.1. The monoisotopic (exact) mass is 341 g/mol. The van der Waals surface area contributed by atoms with Gasteiger partial charge in [0.2, 0.25) is 0 Å². The Hall–Kier alpha value is -2.76. The van der Waals surface area contributed by atoms with Gasteiger partial charge in [0, 0.05) is 22.6 Å². The van der Waals surface area contributed by atoms with Crippen LogP contribution in [0.3, 0.4) is 0 Å². The second-order valence-electron chi connectivity index (χ2n) is 7.05. The Balaban J connectivity index is 1.98. The molecule has 0 radical (unpaired) electrons. The highest BCUT2D eigenvalue weighted by molar-refractivity contribution is 6.83. The van der Waals surface area contributed by atoms with Crippen LogP contribution < -0.4 is 4.90 Å². The molecule has 0 fully saturated rings. The summed E-state index contributed by atoms with van der Waals surface area (Å²) in [5.74, 6) is 3.32. The van der Waals surface area contributed by atoms with E-state index in [9.17, 15) is 0 Å². The fraction of sp³-hybridized carbons (Fsp3) is 0.130. The Bertz CT molecular complexity index is 827. The van der Waals surface area contributed by atoms with Crippen LogP contribution in [0.25, 0.3) is 0 Å². The molecule has 0 saturated heterocycles. The van der Waals surface area contributed by atoms with Crippen molar-refractivity contribution < 1.29 is 0 Å². The molecule has 0 aliphatic heterocycles. The zero-order valence-electron chi connectivity index (χ0n) is 15.0. The van der Waals surface area contributed by atoms with E-state index >= 15 is 0 Å².